The Morgan fingerprint density at radius 3 is 1.34 bits per heavy atom. The second-order valence-electron chi connectivity index (χ2n) is 6.24. The van der Waals surface area contributed by atoms with Crippen molar-refractivity contribution in [3.8, 4) is 0 Å². The number of benzene rings is 2. The minimum absolute atomic E-state index is 0.0694. The van der Waals surface area contributed by atoms with Gasteiger partial charge in [0, 0.05) is 35.4 Å². The molecular weight excluding hydrogens is 514 g/mol. The SMILES string of the molecule is CC(CC(=O)c1ccccc1)=NCCN=C(C)CC(=O)c1ccccc1.[Cl][Sn][Cl]. The van der Waals surface area contributed by atoms with Crippen LogP contribution in [0.2, 0.25) is 0 Å². The molecule has 2 aromatic rings. The molecular formula is C22H24Cl2N2O2Sn. The van der Waals surface area contributed by atoms with Crippen molar-refractivity contribution in [1.29, 1.82) is 0 Å². The van der Waals surface area contributed by atoms with Crippen molar-refractivity contribution in [3.05, 3.63) is 71.8 Å². The van der Waals surface area contributed by atoms with E-state index in [1.807, 2.05) is 74.5 Å². The van der Waals surface area contributed by atoms with Crippen molar-refractivity contribution in [2.75, 3.05) is 13.1 Å². The van der Waals surface area contributed by atoms with Crippen LogP contribution < -0.4 is 0 Å². The zero-order valence-electron chi connectivity index (χ0n) is 16.6. The summed E-state index contributed by atoms with van der Waals surface area (Å²) in [6.07, 6.45) is 0.637. The van der Waals surface area contributed by atoms with Gasteiger partial charge in [-0.1, -0.05) is 60.7 Å². The molecule has 7 heteroatoms. The van der Waals surface area contributed by atoms with E-state index in [-0.39, 0.29) is 11.6 Å². The van der Waals surface area contributed by atoms with Gasteiger partial charge < -0.3 is 0 Å². The standard InChI is InChI=1S/C22H24N2O2.2ClH.Sn/c1-17(15-21(25)19-9-5-3-6-10-19)23-13-14-24-18(2)16-22(26)20-11-7-4-8-12-20;;;/h3-12H,13-16H2,1-2H3;2*1H;/q;;;+2/p-2. The van der Waals surface area contributed by atoms with Gasteiger partial charge in [0.25, 0.3) is 0 Å². The molecule has 0 spiro atoms. The first-order chi connectivity index (χ1) is 14.0. The van der Waals surface area contributed by atoms with Crippen molar-refractivity contribution < 1.29 is 9.59 Å². The van der Waals surface area contributed by atoms with Gasteiger partial charge in [-0.25, -0.2) is 0 Å². The summed E-state index contributed by atoms with van der Waals surface area (Å²) in [5, 5.41) is 0. The first-order valence-electron chi connectivity index (χ1n) is 9.10. The van der Waals surface area contributed by atoms with Crippen LogP contribution in [0.1, 0.15) is 47.4 Å². The molecule has 0 atom stereocenters. The van der Waals surface area contributed by atoms with Crippen LogP contribution in [0.15, 0.2) is 70.6 Å². The number of rotatable bonds is 9. The Balaban J connectivity index is 0.00000132. The molecule has 0 heterocycles. The molecule has 29 heavy (non-hydrogen) atoms. The van der Waals surface area contributed by atoms with E-state index in [1.165, 1.54) is 0 Å². The number of Topliss-reactive ketones (excluding diaryl/α,β-unsaturated/α-hetero) is 2. The van der Waals surface area contributed by atoms with E-state index in [9.17, 15) is 9.59 Å². The third-order valence-electron chi connectivity index (χ3n) is 3.89. The zero-order valence-corrected chi connectivity index (χ0v) is 20.9. The van der Waals surface area contributed by atoms with Crippen molar-refractivity contribution in [2.24, 2.45) is 9.98 Å². The molecule has 152 valence electrons. The van der Waals surface area contributed by atoms with Gasteiger partial charge in [0.2, 0.25) is 0 Å². The molecule has 4 nitrogen and oxygen atoms in total. The fourth-order valence-corrected chi connectivity index (χ4v) is 2.51. The molecule has 0 amide bonds. The third-order valence-corrected chi connectivity index (χ3v) is 3.89. The molecule has 0 fully saturated rings. The molecule has 0 aliphatic carbocycles. The number of hydrogen-bond acceptors (Lipinski definition) is 4. The Bertz CT molecular complexity index is 756. The van der Waals surface area contributed by atoms with E-state index in [1.54, 1.807) is 0 Å². The molecule has 2 radical (unpaired) electrons. The summed E-state index contributed by atoms with van der Waals surface area (Å²) in [7, 11) is 9.87. The first kappa shape index (κ1) is 25.5. The quantitative estimate of drug-likeness (QED) is 0.185. The van der Waals surface area contributed by atoms with Gasteiger partial charge >= 0.3 is 36.7 Å². The van der Waals surface area contributed by atoms with Crippen molar-refractivity contribution in [2.45, 2.75) is 26.7 Å². The van der Waals surface area contributed by atoms with Crippen LogP contribution in [-0.2, 0) is 0 Å². The molecule has 0 aromatic heterocycles. The van der Waals surface area contributed by atoms with Gasteiger partial charge in [-0.2, -0.15) is 0 Å². The van der Waals surface area contributed by atoms with Crippen molar-refractivity contribution in [1.82, 2.24) is 0 Å². The Kier molecular flexibility index (Phi) is 13.5. The van der Waals surface area contributed by atoms with E-state index < -0.39 is 18.9 Å². The monoisotopic (exact) mass is 538 g/mol. The number of aliphatic imine (C=N–C) groups is 2. The molecule has 0 N–H and O–H groups in total. The number of halogens is 2. The van der Waals surface area contributed by atoms with Gasteiger partial charge in [0.1, 0.15) is 0 Å². The molecule has 0 aliphatic heterocycles. The number of ketones is 2. The molecule has 0 bridgehead atoms. The molecule has 0 unspecified atom stereocenters. The van der Waals surface area contributed by atoms with E-state index in [0.717, 1.165) is 11.4 Å². The number of carbonyl (C=O) groups is 2. The van der Waals surface area contributed by atoms with Gasteiger partial charge in [-0.05, 0) is 13.8 Å². The van der Waals surface area contributed by atoms with Crippen molar-refractivity contribution in [3.63, 3.8) is 0 Å². The Morgan fingerprint density at radius 1 is 0.724 bits per heavy atom. The van der Waals surface area contributed by atoms with Crippen LogP contribution in [0.25, 0.3) is 0 Å². The summed E-state index contributed by atoms with van der Waals surface area (Å²) in [5.41, 5.74) is 3.00. The fraction of sp³-hybridized carbons (Fsp3) is 0.273. The third kappa shape index (κ3) is 11.3. The van der Waals surface area contributed by atoms with Crippen LogP contribution in [-0.4, -0.2) is 55.0 Å². The van der Waals surface area contributed by atoms with Gasteiger partial charge in [0.05, 0.1) is 13.1 Å². The number of carbonyl (C=O) groups excluding carboxylic acids is 2. The number of nitrogens with zero attached hydrogens (tertiary/aromatic N) is 2. The maximum absolute atomic E-state index is 12.1. The summed E-state index contributed by atoms with van der Waals surface area (Å²) in [6, 6.07) is 18.4. The first-order valence-corrected chi connectivity index (χ1v) is 16.3. The predicted molar refractivity (Wildman–Crippen MR) is 124 cm³/mol. The summed E-state index contributed by atoms with van der Waals surface area (Å²) in [6.45, 7) is 4.75. The van der Waals surface area contributed by atoms with E-state index in [0.29, 0.717) is 37.1 Å². The molecule has 2 rings (SSSR count). The summed E-state index contributed by atoms with van der Waals surface area (Å²) in [5.74, 6) is 0.139. The Morgan fingerprint density at radius 2 is 1.03 bits per heavy atom. The van der Waals surface area contributed by atoms with E-state index in [2.05, 4.69) is 9.98 Å². The average molecular weight is 538 g/mol. The molecule has 0 saturated carbocycles. The van der Waals surface area contributed by atoms with Crippen molar-refractivity contribution >= 4 is 59.7 Å². The van der Waals surface area contributed by atoms with Crippen LogP contribution >= 0.6 is 17.8 Å². The van der Waals surface area contributed by atoms with Crippen LogP contribution in [0.3, 0.4) is 0 Å². The van der Waals surface area contributed by atoms with Crippen LogP contribution in [0.4, 0.5) is 0 Å². The second kappa shape index (κ2) is 15.4. The van der Waals surface area contributed by atoms with Gasteiger partial charge in [0.15, 0.2) is 11.6 Å². The van der Waals surface area contributed by atoms with E-state index in [4.69, 9.17) is 17.8 Å². The fourth-order valence-electron chi connectivity index (χ4n) is 2.51. The summed E-state index contributed by atoms with van der Waals surface area (Å²) in [4.78, 5) is 33.0. The molecule has 0 aliphatic rings. The Labute approximate surface area is 190 Å². The van der Waals surface area contributed by atoms with Crippen LogP contribution in [0.5, 0.6) is 0 Å². The van der Waals surface area contributed by atoms with E-state index >= 15 is 0 Å². The van der Waals surface area contributed by atoms with Crippen LogP contribution in [0, 0.1) is 0 Å². The normalized spacial score (nSPS) is 11.4. The predicted octanol–water partition coefficient (Wildman–Crippen LogP) is 5.45. The molecule has 2 aromatic carbocycles. The topological polar surface area (TPSA) is 58.9 Å². The van der Waals surface area contributed by atoms with Gasteiger partial charge in [-0.15, -0.1) is 0 Å². The maximum atomic E-state index is 12.1. The minimum atomic E-state index is -0.826. The summed E-state index contributed by atoms with van der Waals surface area (Å²) >= 11 is -0.826. The summed E-state index contributed by atoms with van der Waals surface area (Å²) < 4.78 is 0. The second-order valence-corrected chi connectivity index (χ2v) is 10.5. The molecule has 0 saturated heterocycles. The van der Waals surface area contributed by atoms with Gasteiger partial charge in [-0.3, -0.25) is 19.6 Å². The number of hydrogen-bond donors (Lipinski definition) is 0. The zero-order chi connectivity index (χ0) is 21.5. The Hall–Kier alpha value is -1.50. The average Bonchev–Trinajstić information content (AvgIpc) is 2.73.